The number of hydrogen-bond donors (Lipinski definition) is 1. The predicted octanol–water partition coefficient (Wildman–Crippen LogP) is 3.17. The fraction of sp³-hybridized carbons (Fsp3) is 0.409. The summed E-state index contributed by atoms with van der Waals surface area (Å²) in [5, 5.41) is 2.93. The van der Waals surface area contributed by atoms with Crippen LogP contribution in [0.25, 0.3) is 0 Å². The second kappa shape index (κ2) is 9.55. The first-order valence-corrected chi connectivity index (χ1v) is 9.64. The molecule has 6 heteroatoms. The van der Waals surface area contributed by atoms with Gasteiger partial charge in [0.15, 0.2) is 0 Å². The quantitative estimate of drug-likeness (QED) is 0.794. The zero-order valence-corrected chi connectivity index (χ0v) is 16.4. The van der Waals surface area contributed by atoms with Gasteiger partial charge in [-0.3, -0.25) is 9.69 Å². The Bertz CT molecular complexity index is 812. The molecule has 5 nitrogen and oxygen atoms in total. The van der Waals surface area contributed by atoms with E-state index < -0.39 is 0 Å². The Hall–Kier alpha value is -2.60. The van der Waals surface area contributed by atoms with Crippen LogP contribution in [0.3, 0.4) is 0 Å². The summed E-state index contributed by atoms with van der Waals surface area (Å²) in [6.45, 7) is 4.89. The Kier molecular flexibility index (Phi) is 6.87. The first-order chi connectivity index (χ1) is 13.6. The van der Waals surface area contributed by atoms with Crippen molar-refractivity contribution in [3.05, 3.63) is 59.4 Å². The van der Waals surface area contributed by atoms with E-state index in [0.717, 1.165) is 36.6 Å². The molecule has 1 heterocycles. The number of halogens is 1. The van der Waals surface area contributed by atoms with Crippen LogP contribution < -0.4 is 14.8 Å². The molecule has 0 bridgehead atoms. The molecule has 3 rings (SSSR count). The zero-order chi connectivity index (χ0) is 19.9. The number of carbonyl (C=O) groups excluding carboxylic acids is 1. The number of fused-ring (bicyclic) bond motifs is 1. The van der Waals surface area contributed by atoms with E-state index in [9.17, 15) is 9.18 Å². The molecule has 1 N–H and O–H groups in total. The van der Waals surface area contributed by atoms with Crippen molar-refractivity contribution in [3.63, 3.8) is 0 Å². The minimum absolute atomic E-state index is 0.106. The molecule has 28 heavy (non-hydrogen) atoms. The summed E-state index contributed by atoms with van der Waals surface area (Å²) in [4.78, 5) is 14.4. The highest BCUT2D eigenvalue weighted by atomic mass is 19.1. The van der Waals surface area contributed by atoms with E-state index in [0.29, 0.717) is 18.7 Å². The number of nitrogens with one attached hydrogen (secondary N) is 1. The van der Waals surface area contributed by atoms with Gasteiger partial charge in [-0.05, 0) is 42.3 Å². The number of ether oxygens (including phenoxy) is 2. The summed E-state index contributed by atoms with van der Waals surface area (Å²) in [6.07, 6.45) is 1.20. The van der Waals surface area contributed by atoms with E-state index in [2.05, 4.69) is 17.1 Å². The van der Waals surface area contributed by atoms with Crippen LogP contribution in [-0.4, -0.2) is 43.7 Å². The highest BCUT2D eigenvalue weighted by molar-refractivity contribution is 5.78. The lowest BCUT2D eigenvalue weighted by atomic mass is 10.1. The van der Waals surface area contributed by atoms with Crippen molar-refractivity contribution >= 4 is 5.91 Å². The molecule has 1 unspecified atom stereocenters. The van der Waals surface area contributed by atoms with Gasteiger partial charge in [0.25, 0.3) is 0 Å². The Morgan fingerprint density at radius 3 is 2.93 bits per heavy atom. The Balaban J connectivity index is 1.56. The lowest BCUT2D eigenvalue weighted by Crippen LogP contribution is -2.38. The third-order valence-electron chi connectivity index (χ3n) is 4.88. The van der Waals surface area contributed by atoms with Crippen LogP contribution in [0.1, 0.15) is 24.5 Å². The van der Waals surface area contributed by atoms with Gasteiger partial charge in [0, 0.05) is 31.7 Å². The summed E-state index contributed by atoms with van der Waals surface area (Å²) in [7, 11) is 1.65. The van der Waals surface area contributed by atoms with Crippen LogP contribution in [0.2, 0.25) is 0 Å². The molecule has 0 fully saturated rings. The van der Waals surface area contributed by atoms with Crippen molar-refractivity contribution in [2.75, 3.05) is 26.7 Å². The standard InChI is InChI=1S/C22H27FN2O3/c1-3-19-15-25(14-17-13-20(27-2)7-8-21(17)28-19)10-9-24-22(26)12-16-5-4-6-18(23)11-16/h4-8,11,13,19H,3,9-10,12,14-15H2,1-2H3,(H,24,26). The van der Waals surface area contributed by atoms with Crippen LogP contribution >= 0.6 is 0 Å². The highest BCUT2D eigenvalue weighted by Gasteiger charge is 2.22. The molecule has 0 saturated carbocycles. The fourth-order valence-corrected chi connectivity index (χ4v) is 3.36. The zero-order valence-electron chi connectivity index (χ0n) is 16.4. The van der Waals surface area contributed by atoms with Crippen LogP contribution in [0.15, 0.2) is 42.5 Å². The summed E-state index contributed by atoms with van der Waals surface area (Å²) in [5.74, 6) is 1.27. The van der Waals surface area contributed by atoms with Crippen LogP contribution in [0.4, 0.5) is 4.39 Å². The molecular weight excluding hydrogens is 359 g/mol. The molecule has 0 spiro atoms. The van der Waals surface area contributed by atoms with Crippen molar-refractivity contribution < 1.29 is 18.7 Å². The Morgan fingerprint density at radius 1 is 1.32 bits per heavy atom. The Labute approximate surface area is 165 Å². The maximum Gasteiger partial charge on any atom is 0.224 e. The second-order valence-corrected chi connectivity index (χ2v) is 7.01. The summed E-state index contributed by atoms with van der Waals surface area (Å²) < 4.78 is 24.7. The molecule has 0 radical (unpaired) electrons. The molecule has 0 saturated heterocycles. The van der Waals surface area contributed by atoms with E-state index in [1.54, 1.807) is 19.2 Å². The minimum atomic E-state index is -0.324. The summed E-state index contributed by atoms with van der Waals surface area (Å²) in [6, 6.07) is 12.0. The van der Waals surface area contributed by atoms with Crippen molar-refractivity contribution in [3.8, 4) is 11.5 Å². The normalized spacial score (nSPS) is 16.6. The van der Waals surface area contributed by atoms with Gasteiger partial charge >= 0.3 is 0 Å². The molecule has 1 aliphatic heterocycles. The van der Waals surface area contributed by atoms with Crippen LogP contribution in [-0.2, 0) is 17.8 Å². The second-order valence-electron chi connectivity index (χ2n) is 7.01. The lowest BCUT2D eigenvalue weighted by Gasteiger charge is -2.23. The van der Waals surface area contributed by atoms with Gasteiger partial charge in [0.1, 0.15) is 23.4 Å². The molecule has 1 atom stereocenters. The molecule has 150 valence electrons. The average Bonchev–Trinajstić information content (AvgIpc) is 2.86. The molecule has 0 aliphatic carbocycles. The average molecular weight is 386 g/mol. The molecular formula is C22H27FN2O3. The van der Waals surface area contributed by atoms with Gasteiger partial charge in [-0.15, -0.1) is 0 Å². The van der Waals surface area contributed by atoms with Gasteiger partial charge in [0.2, 0.25) is 5.91 Å². The number of nitrogens with zero attached hydrogens (tertiary/aromatic N) is 1. The van der Waals surface area contributed by atoms with Gasteiger partial charge in [0.05, 0.1) is 13.5 Å². The molecule has 1 amide bonds. The fourth-order valence-electron chi connectivity index (χ4n) is 3.36. The van der Waals surface area contributed by atoms with Crippen molar-refractivity contribution in [1.29, 1.82) is 0 Å². The van der Waals surface area contributed by atoms with Crippen molar-refractivity contribution in [2.24, 2.45) is 0 Å². The highest BCUT2D eigenvalue weighted by Crippen LogP contribution is 2.29. The van der Waals surface area contributed by atoms with E-state index in [1.165, 1.54) is 12.1 Å². The van der Waals surface area contributed by atoms with E-state index in [4.69, 9.17) is 9.47 Å². The maximum atomic E-state index is 13.2. The van der Waals surface area contributed by atoms with Crippen LogP contribution in [0.5, 0.6) is 11.5 Å². The Morgan fingerprint density at radius 2 is 2.18 bits per heavy atom. The van der Waals surface area contributed by atoms with Gasteiger partial charge < -0.3 is 14.8 Å². The van der Waals surface area contributed by atoms with Gasteiger partial charge in [-0.1, -0.05) is 19.1 Å². The number of hydrogen-bond acceptors (Lipinski definition) is 4. The SMILES string of the molecule is CCC1CN(CCNC(=O)Cc2cccc(F)c2)Cc2cc(OC)ccc2O1. The maximum absolute atomic E-state index is 13.2. The van der Waals surface area contributed by atoms with Crippen LogP contribution in [0, 0.1) is 5.82 Å². The number of amides is 1. The monoisotopic (exact) mass is 386 g/mol. The van der Waals surface area contributed by atoms with E-state index in [-0.39, 0.29) is 24.2 Å². The van der Waals surface area contributed by atoms with Crippen molar-refractivity contribution in [1.82, 2.24) is 10.2 Å². The molecule has 1 aliphatic rings. The first-order valence-electron chi connectivity index (χ1n) is 9.64. The third kappa shape index (κ3) is 5.45. The summed E-state index contributed by atoms with van der Waals surface area (Å²) >= 11 is 0. The number of carbonyl (C=O) groups is 1. The smallest absolute Gasteiger partial charge is 0.224 e. The third-order valence-corrected chi connectivity index (χ3v) is 4.88. The number of rotatable bonds is 7. The van der Waals surface area contributed by atoms with Crippen molar-refractivity contribution in [2.45, 2.75) is 32.4 Å². The lowest BCUT2D eigenvalue weighted by molar-refractivity contribution is -0.120. The molecule has 2 aromatic rings. The van der Waals surface area contributed by atoms with E-state index in [1.807, 2.05) is 18.2 Å². The largest absolute Gasteiger partial charge is 0.497 e. The molecule has 2 aromatic carbocycles. The van der Waals surface area contributed by atoms with Gasteiger partial charge in [-0.25, -0.2) is 4.39 Å². The summed E-state index contributed by atoms with van der Waals surface area (Å²) in [5.41, 5.74) is 1.76. The topological polar surface area (TPSA) is 50.8 Å². The predicted molar refractivity (Wildman–Crippen MR) is 106 cm³/mol. The number of benzene rings is 2. The molecule has 0 aromatic heterocycles. The van der Waals surface area contributed by atoms with Gasteiger partial charge in [-0.2, -0.15) is 0 Å². The minimum Gasteiger partial charge on any atom is -0.497 e. The van der Waals surface area contributed by atoms with E-state index >= 15 is 0 Å². The number of methoxy groups -OCH3 is 1. The first kappa shape index (κ1) is 20.1.